The van der Waals surface area contributed by atoms with E-state index in [9.17, 15) is 9.59 Å². The summed E-state index contributed by atoms with van der Waals surface area (Å²) in [6, 6.07) is 24.2. The van der Waals surface area contributed by atoms with E-state index in [1.165, 1.54) is 74.1 Å². The SMILES string of the molecule is CC(C)CCC[C@@H](C)[C@H]1CC[C@H]2[C@@H]3CC[C@H]4C[C@@H](c5ccc6ccccc6c5)[C@H](OC(=O)C(=O)c5ccccc5)C[C@]4(C)[C@H]3CC[C@]12C. The van der Waals surface area contributed by atoms with Gasteiger partial charge in [0.15, 0.2) is 0 Å². The molecular weight excluding hydrogens is 588 g/mol. The van der Waals surface area contributed by atoms with Gasteiger partial charge in [-0.3, -0.25) is 4.79 Å². The van der Waals surface area contributed by atoms with Crippen molar-refractivity contribution in [2.45, 2.75) is 117 Å². The molecule has 0 radical (unpaired) electrons. The Morgan fingerprint density at radius 3 is 2.29 bits per heavy atom. The lowest BCUT2D eigenvalue weighted by Gasteiger charge is -2.62. The average Bonchev–Trinajstić information content (AvgIpc) is 3.44. The number of hydrogen-bond donors (Lipinski definition) is 0. The maximum atomic E-state index is 13.6. The maximum absolute atomic E-state index is 13.6. The molecule has 0 unspecified atom stereocenters. The van der Waals surface area contributed by atoms with Gasteiger partial charge < -0.3 is 4.74 Å². The van der Waals surface area contributed by atoms with Gasteiger partial charge in [-0.1, -0.05) is 127 Å². The fourth-order valence-electron chi connectivity index (χ4n) is 12.1. The normalized spacial score (nSPS) is 35.0. The van der Waals surface area contributed by atoms with Crippen LogP contribution in [0, 0.1) is 52.3 Å². The number of Topliss-reactive ketones (excluding diaryl/α,β-unsaturated/α-hetero) is 1. The summed E-state index contributed by atoms with van der Waals surface area (Å²) in [7, 11) is 0. The van der Waals surface area contributed by atoms with Gasteiger partial charge in [-0.15, -0.1) is 0 Å². The van der Waals surface area contributed by atoms with Crippen LogP contribution >= 0.6 is 0 Å². The molecule has 0 heterocycles. The maximum Gasteiger partial charge on any atom is 0.379 e. The Morgan fingerprint density at radius 2 is 1.52 bits per heavy atom. The fraction of sp³-hybridized carbons (Fsp3) is 0.600. The molecule has 3 heteroatoms. The van der Waals surface area contributed by atoms with Crippen LogP contribution in [0.4, 0.5) is 0 Å². The Kier molecular flexibility index (Phi) is 9.37. The highest BCUT2D eigenvalue weighted by atomic mass is 16.5. The van der Waals surface area contributed by atoms with Crippen molar-refractivity contribution in [1.82, 2.24) is 0 Å². The molecule has 48 heavy (non-hydrogen) atoms. The molecular formula is C45H58O3. The molecule has 0 N–H and O–H groups in total. The van der Waals surface area contributed by atoms with Crippen molar-refractivity contribution < 1.29 is 14.3 Å². The van der Waals surface area contributed by atoms with E-state index in [-0.39, 0.29) is 17.4 Å². The number of benzene rings is 3. The number of fused-ring (bicyclic) bond motifs is 6. The number of carbonyl (C=O) groups excluding carboxylic acids is 2. The van der Waals surface area contributed by atoms with Crippen LogP contribution in [0.3, 0.4) is 0 Å². The Balaban J connectivity index is 1.15. The third kappa shape index (κ3) is 6.07. The van der Waals surface area contributed by atoms with E-state index in [1.54, 1.807) is 12.1 Å². The minimum Gasteiger partial charge on any atom is -0.456 e. The van der Waals surface area contributed by atoms with E-state index < -0.39 is 11.8 Å². The topological polar surface area (TPSA) is 43.4 Å². The molecule has 3 aromatic rings. The standard InChI is InChI=1S/C45H58O3/c1-29(2)12-11-13-30(3)38-22-23-39-36-21-20-35-27-37(34-19-18-31-14-9-10-17-33(31)26-34)41(28-45(35,5)40(36)24-25-44(38,39)4)48-43(47)42(46)32-15-7-6-8-16-32/h6-10,14-19,26,29-30,35-41H,11-13,20-25,27-28H2,1-5H3/t30-,35+,36+,37+,38-,39+,40+,41-,44-,45+/m1/s1. The summed E-state index contributed by atoms with van der Waals surface area (Å²) in [5, 5.41) is 2.45. The predicted octanol–water partition coefficient (Wildman–Crippen LogP) is 11.4. The summed E-state index contributed by atoms with van der Waals surface area (Å²) < 4.78 is 6.40. The van der Waals surface area contributed by atoms with Crippen molar-refractivity contribution >= 4 is 22.5 Å². The summed E-state index contributed by atoms with van der Waals surface area (Å²) in [5.41, 5.74) is 2.21. The van der Waals surface area contributed by atoms with Gasteiger partial charge in [0.25, 0.3) is 5.78 Å². The quantitative estimate of drug-likeness (QED) is 0.132. The number of ether oxygens (including phenoxy) is 1. The molecule has 4 aliphatic carbocycles. The molecule has 0 spiro atoms. The van der Waals surface area contributed by atoms with Crippen molar-refractivity contribution in [3.63, 3.8) is 0 Å². The highest BCUT2D eigenvalue weighted by Gasteiger charge is 2.62. The number of carbonyl (C=O) groups is 2. The van der Waals surface area contributed by atoms with Crippen LogP contribution in [0.2, 0.25) is 0 Å². The minimum absolute atomic E-state index is 0.0909. The van der Waals surface area contributed by atoms with Gasteiger partial charge in [-0.2, -0.15) is 0 Å². The second kappa shape index (κ2) is 13.4. The third-order valence-electron chi connectivity index (χ3n) is 14.6. The van der Waals surface area contributed by atoms with Crippen molar-refractivity contribution in [1.29, 1.82) is 0 Å². The number of esters is 1. The van der Waals surface area contributed by atoms with Crippen LogP contribution in [0.15, 0.2) is 72.8 Å². The molecule has 0 amide bonds. The summed E-state index contributed by atoms with van der Waals surface area (Å²) in [6.07, 6.45) is 13.7. The molecule has 0 bridgehead atoms. The van der Waals surface area contributed by atoms with Crippen LogP contribution in [-0.4, -0.2) is 17.9 Å². The largest absolute Gasteiger partial charge is 0.456 e. The average molecular weight is 647 g/mol. The van der Waals surface area contributed by atoms with E-state index in [2.05, 4.69) is 77.1 Å². The molecule has 10 atom stereocenters. The van der Waals surface area contributed by atoms with Gasteiger partial charge in [0.1, 0.15) is 6.10 Å². The minimum atomic E-state index is -0.701. The van der Waals surface area contributed by atoms with E-state index in [0.717, 1.165) is 42.4 Å². The van der Waals surface area contributed by atoms with Crippen molar-refractivity contribution in [3.8, 4) is 0 Å². The lowest BCUT2D eigenvalue weighted by atomic mass is 9.43. The molecule has 0 aliphatic heterocycles. The molecule has 4 aliphatic rings. The molecule has 4 saturated carbocycles. The second-order valence-corrected chi connectivity index (χ2v) is 17.5. The fourth-order valence-corrected chi connectivity index (χ4v) is 12.1. The molecule has 0 saturated heterocycles. The summed E-state index contributed by atoms with van der Waals surface area (Å²) in [6.45, 7) is 12.5. The Morgan fingerprint density at radius 1 is 0.792 bits per heavy atom. The lowest BCUT2D eigenvalue weighted by Crippen LogP contribution is -2.56. The lowest BCUT2D eigenvalue weighted by molar-refractivity contribution is -0.164. The van der Waals surface area contributed by atoms with E-state index >= 15 is 0 Å². The van der Waals surface area contributed by atoms with E-state index in [4.69, 9.17) is 4.74 Å². The zero-order chi connectivity index (χ0) is 33.6. The Labute approximate surface area is 289 Å². The van der Waals surface area contributed by atoms with Crippen LogP contribution < -0.4 is 0 Å². The van der Waals surface area contributed by atoms with Gasteiger partial charge in [0.05, 0.1) is 0 Å². The third-order valence-corrected chi connectivity index (χ3v) is 14.6. The number of ketones is 1. The van der Waals surface area contributed by atoms with Gasteiger partial charge in [-0.05, 0) is 120 Å². The summed E-state index contributed by atoms with van der Waals surface area (Å²) >= 11 is 0. The van der Waals surface area contributed by atoms with E-state index in [0.29, 0.717) is 22.8 Å². The van der Waals surface area contributed by atoms with E-state index in [1.807, 2.05) is 18.2 Å². The van der Waals surface area contributed by atoms with Gasteiger partial charge in [-0.25, -0.2) is 4.79 Å². The Hall–Kier alpha value is -2.94. The van der Waals surface area contributed by atoms with Crippen LogP contribution in [0.5, 0.6) is 0 Å². The van der Waals surface area contributed by atoms with Gasteiger partial charge in [0.2, 0.25) is 0 Å². The summed E-state index contributed by atoms with van der Waals surface area (Å²) in [4.78, 5) is 26.9. The first kappa shape index (κ1) is 33.6. The molecule has 256 valence electrons. The highest BCUT2D eigenvalue weighted by Crippen LogP contribution is 2.69. The zero-order valence-corrected chi connectivity index (χ0v) is 30.1. The monoisotopic (exact) mass is 646 g/mol. The first-order chi connectivity index (χ1) is 23.1. The molecule has 7 rings (SSSR count). The van der Waals surface area contributed by atoms with Crippen LogP contribution in [0.1, 0.15) is 127 Å². The van der Waals surface area contributed by atoms with Crippen molar-refractivity contribution in [3.05, 3.63) is 83.9 Å². The van der Waals surface area contributed by atoms with Crippen LogP contribution in [0.25, 0.3) is 10.8 Å². The first-order valence-electron chi connectivity index (χ1n) is 19.4. The van der Waals surface area contributed by atoms with Crippen LogP contribution in [-0.2, 0) is 9.53 Å². The highest BCUT2D eigenvalue weighted by molar-refractivity contribution is 6.40. The summed E-state index contributed by atoms with van der Waals surface area (Å²) in [5.74, 6) is 4.15. The number of hydrogen-bond acceptors (Lipinski definition) is 3. The van der Waals surface area contributed by atoms with Crippen molar-refractivity contribution in [2.24, 2.45) is 52.3 Å². The molecule has 0 aromatic heterocycles. The van der Waals surface area contributed by atoms with Crippen molar-refractivity contribution in [2.75, 3.05) is 0 Å². The predicted molar refractivity (Wildman–Crippen MR) is 196 cm³/mol. The molecule has 4 fully saturated rings. The Bertz CT molecular complexity index is 1610. The number of rotatable bonds is 9. The first-order valence-corrected chi connectivity index (χ1v) is 19.4. The molecule has 3 nitrogen and oxygen atoms in total. The van der Waals surface area contributed by atoms with Gasteiger partial charge in [0, 0.05) is 11.5 Å². The zero-order valence-electron chi connectivity index (χ0n) is 30.1. The smallest absolute Gasteiger partial charge is 0.379 e. The van der Waals surface area contributed by atoms with Gasteiger partial charge >= 0.3 is 5.97 Å². The second-order valence-electron chi connectivity index (χ2n) is 17.5. The molecule has 3 aromatic carbocycles.